The number of aromatic nitrogens is 5. The summed E-state index contributed by atoms with van der Waals surface area (Å²) in [7, 11) is 1.84. The highest BCUT2D eigenvalue weighted by molar-refractivity contribution is 5.91. The first kappa shape index (κ1) is 22.6. The molecule has 1 aromatic carbocycles. The zero-order chi connectivity index (χ0) is 23.6. The highest BCUT2D eigenvalue weighted by Gasteiger charge is 2.15. The second-order valence-electron chi connectivity index (χ2n) is 8.84. The second-order valence-corrected chi connectivity index (χ2v) is 8.84. The number of ether oxygens (including phenoxy) is 1. The SMILES string of the molecule is Cn1cc(-c2nc3nccc(-c4ccc(CNC(=O)CCOC(C)(C)C)c(F)c4)c3[nH]2)cn1. The van der Waals surface area contributed by atoms with Crippen molar-refractivity contribution in [3.05, 3.63) is 54.2 Å². The molecule has 0 bridgehead atoms. The van der Waals surface area contributed by atoms with Crippen molar-refractivity contribution >= 4 is 17.1 Å². The molecule has 0 saturated carbocycles. The van der Waals surface area contributed by atoms with Crippen LogP contribution >= 0.6 is 0 Å². The van der Waals surface area contributed by atoms with Gasteiger partial charge < -0.3 is 15.0 Å². The molecule has 172 valence electrons. The summed E-state index contributed by atoms with van der Waals surface area (Å²) in [6.45, 7) is 6.23. The molecule has 0 saturated heterocycles. The molecule has 1 amide bonds. The van der Waals surface area contributed by atoms with Gasteiger partial charge in [0, 0.05) is 43.5 Å². The summed E-state index contributed by atoms with van der Waals surface area (Å²) < 4.78 is 22.1. The fourth-order valence-corrected chi connectivity index (χ4v) is 3.42. The lowest BCUT2D eigenvalue weighted by atomic mass is 10.0. The Bertz CT molecular complexity index is 1290. The van der Waals surface area contributed by atoms with Gasteiger partial charge >= 0.3 is 0 Å². The number of amides is 1. The quantitative estimate of drug-likeness (QED) is 0.444. The fourth-order valence-electron chi connectivity index (χ4n) is 3.42. The third kappa shape index (κ3) is 5.43. The zero-order valence-corrected chi connectivity index (χ0v) is 19.1. The van der Waals surface area contributed by atoms with Crippen LogP contribution in [0.4, 0.5) is 4.39 Å². The molecule has 0 aliphatic rings. The van der Waals surface area contributed by atoms with Crippen LogP contribution < -0.4 is 5.32 Å². The molecule has 8 nitrogen and oxygen atoms in total. The fraction of sp³-hybridized carbons (Fsp3) is 0.333. The number of H-pyrrole nitrogens is 1. The van der Waals surface area contributed by atoms with E-state index in [9.17, 15) is 9.18 Å². The summed E-state index contributed by atoms with van der Waals surface area (Å²) in [4.78, 5) is 24.2. The van der Waals surface area contributed by atoms with E-state index in [-0.39, 0.29) is 24.5 Å². The number of fused-ring (bicyclic) bond motifs is 1. The Morgan fingerprint density at radius 2 is 2.06 bits per heavy atom. The number of imidazole rings is 1. The number of carbonyl (C=O) groups excluding carboxylic acids is 1. The van der Waals surface area contributed by atoms with E-state index in [0.717, 1.165) is 16.6 Å². The average molecular weight is 451 g/mol. The van der Waals surface area contributed by atoms with E-state index in [1.807, 2.05) is 46.1 Å². The molecule has 0 aliphatic carbocycles. The molecule has 0 radical (unpaired) electrons. The molecule has 4 aromatic rings. The van der Waals surface area contributed by atoms with Gasteiger partial charge in [0.1, 0.15) is 11.6 Å². The van der Waals surface area contributed by atoms with Gasteiger partial charge in [-0.15, -0.1) is 0 Å². The lowest BCUT2D eigenvalue weighted by Crippen LogP contribution is -2.27. The number of rotatable bonds is 7. The minimum absolute atomic E-state index is 0.113. The van der Waals surface area contributed by atoms with E-state index < -0.39 is 5.82 Å². The maximum absolute atomic E-state index is 14.8. The Hall–Kier alpha value is -3.59. The van der Waals surface area contributed by atoms with Crippen molar-refractivity contribution in [2.75, 3.05) is 6.61 Å². The van der Waals surface area contributed by atoms with Gasteiger partial charge in [0.05, 0.1) is 29.5 Å². The summed E-state index contributed by atoms with van der Waals surface area (Å²) in [5.41, 5.74) is 3.69. The Morgan fingerprint density at radius 1 is 1.24 bits per heavy atom. The van der Waals surface area contributed by atoms with Crippen LogP contribution in [0.3, 0.4) is 0 Å². The van der Waals surface area contributed by atoms with Crippen molar-refractivity contribution in [3.63, 3.8) is 0 Å². The maximum Gasteiger partial charge on any atom is 0.222 e. The van der Waals surface area contributed by atoms with Crippen molar-refractivity contribution in [2.45, 2.75) is 39.3 Å². The number of hydrogen-bond donors (Lipinski definition) is 2. The van der Waals surface area contributed by atoms with E-state index >= 15 is 0 Å². The lowest BCUT2D eigenvalue weighted by Gasteiger charge is -2.19. The molecule has 3 aromatic heterocycles. The van der Waals surface area contributed by atoms with Crippen LogP contribution in [0.2, 0.25) is 0 Å². The summed E-state index contributed by atoms with van der Waals surface area (Å²) in [6, 6.07) is 6.79. The third-order valence-electron chi connectivity index (χ3n) is 5.07. The van der Waals surface area contributed by atoms with Crippen LogP contribution in [-0.2, 0) is 23.1 Å². The molecule has 0 aliphatic heterocycles. The normalized spacial score (nSPS) is 11.8. The smallest absolute Gasteiger partial charge is 0.222 e. The topological polar surface area (TPSA) is 97.7 Å². The maximum atomic E-state index is 14.8. The first-order valence-electron chi connectivity index (χ1n) is 10.7. The molecule has 0 atom stereocenters. The summed E-state index contributed by atoms with van der Waals surface area (Å²) >= 11 is 0. The number of carbonyl (C=O) groups is 1. The third-order valence-corrected chi connectivity index (χ3v) is 5.07. The molecule has 3 heterocycles. The number of aryl methyl sites for hydroxylation is 1. The van der Waals surface area contributed by atoms with Crippen molar-refractivity contribution in [3.8, 4) is 22.5 Å². The van der Waals surface area contributed by atoms with Gasteiger partial charge in [-0.05, 0) is 38.5 Å². The number of nitrogens with one attached hydrogen (secondary N) is 2. The largest absolute Gasteiger partial charge is 0.375 e. The molecule has 0 fully saturated rings. The van der Waals surface area contributed by atoms with Gasteiger partial charge in [-0.3, -0.25) is 9.48 Å². The standard InChI is InChI=1S/C24H27FN6O2/c1-24(2,3)33-10-8-20(32)27-12-16-6-5-15(11-19(16)25)18-7-9-26-23-21(18)29-22(30-23)17-13-28-31(4)14-17/h5-7,9,11,13-14H,8,10,12H2,1-4H3,(H,27,32)(H,26,29,30). The molecule has 2 N–H and O–H groups in total. The summed E-state index contributed by atoms with van der Waals surface area (Å²) in [6.07, 6.45) is 5.45. The first-order valence-corrected chi connectivity index (χ1v) is 10.7. The molecule has 0 spiro atoms. The Balaban J connectivity index is 1.49. The predicted octanol–water partition coefficient (Wildman–Crippen LogP) is 3.99. The van der Waals surface area contributed by atoms with Crippen LogP contribution in [0.15, 0.2) is 42.9 Å². The minimum Gasteiger partial charge on any atom is -0.375 e. The van der Waals surface area contributed by atoms with Crippen molar-refractivity contribution < 1.29 is 13.9 Å². The highest BCUT2D eigenvalue weighted by atomic mass is 19.1. The Morgan fingerprint density at radius 3 is 2.76 bits per heavy atom. The van der Waals surface area contributed by atoms with Gasteiger partial charge in [0.15, 0.2) is 5.65 Å². The van der Waals surface area contributed by atoms with E-state index in [4.69, 9.17) is 4.74 Å². The molecule has 9 heteroatoms. The lowest BCUT2D eigenvalue weighted by molar-refractivity contribution is -0.123. The van der Waals surface area contributed by atoms with E-state index in [0.29, 0.717) is 29.2 Å². The molecular weight excluding hydrogens is 423 g/mol. The van der Waals surface area contributed by atoms with Gasteiger partial charge in [-0.25, -0.2) is 14.4 Å². The Labute approximate surface area is 191 Å². The van der Waals surface area contributed by atoms with Crippen LogP contribution in [0.25, 0.3) is 33.7 Å². The van der Waals surface area contributed by atoms with Crippen LogP contribution in [0.5, 0.6) is 0 Å². The average Bonchev–Trinajstić information content (AvgIpc) is 3.37. The molecule has 0 unspecified atom stereocenters. The van der Waals surface area contributed by atoms with Gasteiger partial charge in [-0.1, -0.05) is 12.1 Å². The predicted molar refractivity (Wildman–Crippen MR) is 124 cm³/mol. The molecule has 33 heavy (non-hydrogen) atoms. The minimum atomic E-state index is -0.393. The van der Waals surface area contributed by atoms with Crippen LogP contribution in [-0.4, -0.2) is 42.8 Å². The number of aromatic amines is 1. The molecule has 4 rings (SSSR count). The zero-order valence-electron chi connectivity index (χ0n) is 19.1. The van der Waals surface area contributed by atoms with E-state index in [1.165, 1.54) is 6.07 Å². The molecular formula is C24H27FN6O2. The van der Waals surface area contributed by atoms with Crippen molar-refractivity contribution in [2.24, 2.45) is 7.05 Å². The Kier molecular flexibility index (Phi) is 6.24. The number of halogens is 1. The number of benzene rings is 1. The summed E-state index contributed by atoms with van der Waals surface area (Å²) in [5, 5.41) is 6.92. The summed E-state index contributed by atoms with van der Waals surface area (Å²) in [5.74, 6) is 0.0722. The highest BCUT2D eigenvalue weighted by Crippen LogP contribution is 2.29. The first-order chi connectivity index (χ1) is 15.7. The van der Waals surface area contributed by atoms with E-state index in [1.54, 1.807) is 23.1 Å². The monoisotopic (exact) mass is 450 g/mol. The van der Waals surface area contributed by atoms with Gasteiger partial charge in [0.2, 0.25) is 5.91 Å². The van der Waals surface area contributed by atoms with Gasteiger partial charge in [-0.2, -0.15) is 5.10 Å². The number of pyridine rings is 1. The van der Waals surface area contributed by atoms with Gasteiger partial charge in [0.25, 0.3) is 0 Å². The second kappa shape index (κ2) is 9.11. The van der Waals surface area contributed by atoms with Crippen LogP contribution in [0, 0.1) is 5.82 Å². The van der Waals surface area contributed by atoms with Crippen LogP contribution in [0.1, 0.15) is 32.8 Å². The van der Waals surface area contributed by atoms with Crippen molar-refractivity contribution in [1.82, 2.24) is 30.0 Å². The number of nitrogens with zero attached hydrogens (tertiary/aromatic N) is 4. The van der Waals surface area contributed by atoms with Crippen molar-refractivity contribution in [1.29, 1.82) is 0 Å². The van der Waals surface area contributed by atoms with E-state index in [2.05, 4.69) is 25.4 Å². The number of hydrogen-bond acceptors (Lipinski definition) is 5.